The van der Waals surface area contributed by atoms with E-state index < -0.39 is 0 Å². The molecular weight excluding hydrogens is 315 g/mol. The lowest BCUT2D eigenvalue weighted by molar-refractivity contribution is 0.578. The molecule has 4 heteroatoms. The molecule has 1 aliphatic heterocycles. The number of fused-ring (bicyclic) bond motifs is 1. The van der Waals surface area contributed by atoms with Gasteiger partial charge in [0.25, 0.3) is 0 Å². The average Bonchev–Trinajstić information content (AvgIpc) is 2.65. The molecule has 25 heavy (non-hydrogen) atoms. The third kappa shape index (κ3) is 2.93. The minimum atomic E-state index is -0.349. The van der Waals surface area contributed by atoms with Crippen molar-refractivity contribution in [2.75, 3.05) is 18.0 Å². The van der Waals surface area contributed by atoms with Crippen LogP contribution in [0.15, 0.2) is 47.3 Å². The number of nitrogens with zero attached hydrogens (tertiary/aromatic N) is 1. The molecule has 2 heterocycles. The van der Waals surface area contributed by atoms with Gasteiger partial charge in [-0.2, -0.15) is 0 Å². The first-order chi connectivity index (χ1) is 12.1. The minimum Gasteiger partial charge on any atom is -0.372 e. The molecule has 0 saturated carbocycles. The van der Waals surface area contributed by atoms with Gasteiger partial charge < -0.3 is 9.88 Å². The Morgan fingerprint density at radius 1 is 1.00 bits per heavy atom. The molecule has 1 N–H and O–H groups in total. The standard InChI is InChI=1S/C21H21FN2O/c1-14-20(23-19-13-16(22)7-10-18(19)21(14)25)15-5-8-17(9-6-15)24-11-3-2-4-12-24/h5-10,13H,2-4,11-12H2,1H3,(H,23,25). The van der Waals surface area contributed by atoms with E-state index in [1.54, 1.807) is 6.07 Å². The topological polar surface area (TPSA) is 36.1 Å². The second-order valence-electron chi connectivity index (χ2n) is 6.74. The van der Waals surface area contributed by atoms with Crippen LogP contribution in [-0.4, -0.2) is 18.1 Å². The predicted molar refractivity (Wildman–Crippen MR) is 101 cm³/mol. The largest absolute Gasteiger partial charge is 0.372 e. The van der Waals surface area contributed by atoms with Gasteiger partial charge in [0.15, 0.2) is 5.43 Å². The molecular formula is C21H21FN2O. The van der Waals surface area contributed by atoms with Crippen molar-refractivity contribution >= 4 is 16.6 Å². The molecule has 0 atom stereocenters. The Morgan fingerprint density at radius 3 is 2.44 bits per heavy atom. The van der Waals surface area contributed by atoms with Gasteiger partial charge in [-0.15, -0.1) is 0 Å². The van der Waals surface area contributed by atoms with Crippen molar-refractivity contribution in [3.8, 4) is 11.3 Å². The van der Waals surface area contributed by atoms with Crippen LogP contribution in [0.4, 0.5) is 10.1 Å². The van der Waals surface area contributed by atoms with E-state index >= 15 is 0 Å². The minimum absolute atomic E-state index is 0.0520. The third-order valence-corrected chi connectivity index (χ3v) is 5.08. The fourth-order valence-corrected chi connectivity index (χ4v) is 3.64. The molecule has 0 radical (unpaired) electrons. The van der Waals surface area contributed by atoms with E-state index in [1.165, 1.54) is 37.1 Å². The van der Waals surface area contributed by atoms with Crippen LogP contribution in [0, 0.1) is 12.7 Å². The third-order valence-electron chi connectivity index (χ3n) is 5.08. The number of hydrogen-bond donors (Lipinski definition) is 1. The summed E-state index contributed by atoms with van der Waals surface area (Å²) in [5.41, 5.74) is 4.06. The predicted octanol–water partition coefficient (Wildman–Crippen LogP) is 4.63. The summed E-state index contributed by atoms with van der Waals surface area (Å²) >= 11 is 0. The molecule has 3 nitrogen and oxygen atoms in total. The number of hydrogen-bond acceptors (Lipinski definition) is 2. The highest BCUT2D eigenvalue weighted by atomic mass is 19.1. The van der Waals surface area contributed by atoms with Crippen LogP contribution in [0.2, 0.25) is 0 Å². The van der Waals surface area contributed by atoms with Crippen molar-refractivity contribution in [1.82, 2.24) is 4.98 Å². The Kier molecular flexibility index (Phi) is 4.04. The molecule has 0 spiro atoms. The molecule has 128 valence electrons. The second-order valence-corrected chi connectivity index (χ2v) is 6.74. The Morgan fingerprint density at radius 2 is 1.72 bits per heavy atom. The average molecular weight is 336 g/mol. The number of aromatic amines is 1. The fourth-order valence-electron chi connectivity index (χ4n) is 3.64. The molecule has 1 aliphatic rings. The first-order valence-electron chi connectivity index (χ1n) is 8.81. The number of H-pyrrole nitrogens is 1. The van der Waals surface area contributed by atoms with E-state index in [4.69, 9.17) is 0 Å². The highest BCUT2D eigenvalue weighted by Gasteiger charge is 2.13. The van der Waals surface area contributed by atoms with Crippen LogP contribution in [0.25, 0.3) is 22.2 Å². The number of nitrogens with one attached hydrogen (secondary N) is 1. The van der Waals surface area contributed by atoms with Gasteiger partial charge >= 0.3 is 0 Å². The van der Waals surface area contributed by atoms with Crippen LogP contribution >= 0.6 is 0 Å². The van der Waals surface area contributed by atoms with E-state index in [1.807, 2.05) is 19.1 Å². The maximum absolute atomic E-state index is 13.5. The molecule has 0 amide bonds. The van der Waals surface area contributed by atoms with Gasteiger partial charge in [0.05, 0.1) is 11.2 Å². The van der Waals surface area contributed by atoms with Crippen molar-refractivity contribution in [1.29, 1.82) is 0 Å². The summed E-state index contributed by atoms with van der Waals surface area (Å²) < 4.78 is 13.5. The summed E-state index contributed by atoms with van der Waals surface area (Å²) in [7, 11) is 0. The number of aromatic nitrogens is 1. The SMILES string of the molecule is Cc1c(-c2ccc(N3CCCCC3)cc2)[nH]c2cc(F)ccc2c1=O. The van der Waals surface area contributed by atoms with Gasteiger partial charge in [0.1, 0.15) is 5.82 Å². The molecule has 2 aromatic carbocycles. The van der Waals surface area contributed by atoms with E-state index in [9.17, 15) is 9.18 Å². The quantitative estimate of drug-likeness (QED) is 0.740. The van der Waals surface area contributed by atoms with E-state index in [2.05, 4.69) is 22.0 Å². The normalized spacial score (nSPS) is 14.9. The first kappa shape index (κ1) is 15.9. The number of rotatable bonds is 2. The number of benzene rings is 2. The number of pyridine rings is 1. The highest BCUT2D eigenvalue weighted by Crippen LogP contribution is 2.26. The molecule has 3 aromatic rings. The molecule has 1 aromatic heterocycles. The summed E-state index contributed by atoms with van der Waals surface area (Å²) in [6.07, 6.45) is 3.79. The van der Waals surface area contributed by atoms with Gasteiger partial charge in [0, 0.05) is 29.7 Å². The van der Waals surface area contributed by atoms with Crippen LogP contribution < -0.4 is 10.3 Å². The zero-order valence-electron chi connectivity index (χ0n) is 14.3. The van der Waals surface area contributed by atoms with Crippen LogP contribution in [0.5, 0.6) is 0 Å². The van der Waals surface area contributed by atoms with Crippen LogP contribution in [-0.2, 0) is 0 Å². The lowest BCUT2D eigenvalue weighted by Crippen LogP contribution is -2.29. The van der Waals surface area contributed by atoms with Crippen molar-refractivity contribution in [3.05, 3.63) is 64.1 Å². The Labute approximate surface area is 146 Å². The summed E-state index contributed by atoms with van der Waals surface area (Å²) in [5, 5.41) is 0.521. The molecule has 4 rings (SSSR count). The molecule has 0 aliphatic carbocycles. The highest BCUT2D eigenvalue weighted by molar-refractivity contribution is 5.83. The summed E-state index contributed by atoms with van der Waals surface area (Å²) in [6.45, 7) is 4.02. The smallest absolute Gasteiger partial charge is 0.192 e. The van der Waals surface area contributed by atoms with Crippen LogP contribution in [0.1, 0.15) is 24.8 Å². The molecule has 1 saturated heterocycles. The van der Waals surface area contributed by atoms with Gasteiger partial charge in [0.2, 0.25) is 0 Å². The van der Waals surface area contributed by atoms with Gasteiger partial charge in [-0.3, -0.25) is 4.79 Å². The Balaban J connectivity index is 1.76. The molecule has 1 fully saturated rings. The maximum Gasteiger partial charge on any atom is 0.192 e. The van der Waals surface area contributed by atoms with Gasteiger partial charge in [-0.25, -0.2) is 4.39 Å². The maximum atomic E-state index is 13.5. The van der Waals surface area contributed by atoms with E-state index in [0.29, 0.717) is 16.5 Å². The zero-order valence-corrected chi connectivity index (χ0v) is 14.3. The van der Waals surface area contributed by atoms with E-state index in [0.717, 1.165) is 24.3 Å². The monoisotopic (exact) mass is 336 g/mol. The number of halogens is 1. The number of piperidine rings is 1. The lowest BCUT2D eigenvalue weighted by atomic mass is 10.0. The summed E-state index contributed by atoms with van der Waals surface area (Å²) in [6, 6.07) is 12.5. The first-order valence-corrected chi connectivity index (χ1v) is 8.81. The van der Waals surface area contributed by atoms with Crippen molar-refractivity contribution < 1.29 is 4.39 Å². The van der Waals surface area contributed by atoms with E-state index in [-0.39, 0.29) is 11.2 Å². The number of anilines is 1. The van der Waals surface area contributed by atoms with Crippen LogP contribution in [0.3, 0.4) is 0 Å². The molecule has 0 unspecified atom stereocenters. The zero-order chi connectivity index (χ0) is 17.4. The Bertz CT molecular complexity index is 970. The lowest BCUT2D eigenvalue weighted by Gasteiger charge is -2.28. The van der Waals surface area contributed by atoms with Crippen molar-refractivity contribution in [3.63, 3.8) is 0 Å². The van der Waals surface area contributed by atoms with Crippen molar-refractivity contribution in [2.24, 2.45) is 0 Å². The molecule has 0 bridgehead atoms. The fraction of sp³-hybridized carbons (Fsp3) is 0.286. The summed E-state index contributed by atoms with van der Waals surface area (Å²) in [4.78, 5) is 18.2. The second kappa shape index (κ2) is 6.36. The van der Waals surface area contributed by atoms with Gasteiger partial charge in [-0.05, 0) is 62.1 Å². The van der Waals surface area contributed by atoms with Crippen molar-refractivity contribution in [2.45, 2.75) is 26.2 Å². The Hall–Kier alpha value is -2.62. The van der Waals surface area contributed by atoms with Gasteiger partial charge in [-0.1, -0.05) is 12.1 Å². The summed E-state index contributed by atoms with van der Waals surface area (Å²) in [5.74, 6) is -0.349.